The molecule has 0 bridgehead atoms. The number of aromatic nitrogens is 3. The molecule has 30 heavy (non-hydrogen) atoms. The Bertz CT molecular complexity index is 1040. The molecule has 156 valence electrons. The van der Waals surface area contributed by atoms with Gasteiger partial charge in [-0.25, -0.2) is 0 Å². The molecule has 3 rings (SSSR count). The maximum Gasteiger partial charge on any atom is 0.234 e. The van der Waals surface area contributed by atoms with Crippen LogP contribution in [-0.4, -0.2) is 32.3 Å². The predicted octanol–water partition coefficient (Wildman–Crippen LogP) is 3.48. The van der Waals surface area contributed by atoms with Gasteiger partial charge in [0, 0.05) is 17.2 Å². The lowest BCUT2D eigenvalue weighted by Gasteiger charge is -2.08. The van der Waals surface area contributed by atoms with Crippen molar-refractivity contribution in [1.82, 2.24) is 20.1 Å². The van der Waals surface area contributed by atoms with Crippen molar-refractivity contribution < 1.29 is 9.59 Å². The number of aryl methyl sites for hydroxylation is 1. The lowest BCUT2D eigenvalue weighted by molar-refractivity contribution is -0.120. The molecule has 0 aliphatic carbocycles. The topological polar surface area (TPSA) is 88.9 Å². The molecule has 3 aromatic rings. The van der Waals surface area contributed by atoms with E-state index in [1.807, 2.05) is 62.5 Å². The first-order valence-corrected chi connectivity index (χ1v) is 11.1. The summed E-state index contributed by atoms with van der Waals surface area (Å²) in [6.45, 7) is 2.24. The zero-order chi connectivity index (χ0) is 21.5. The first kappa shape index (κ1) is 22.0. The Morgan fingerprint density at radius 2 is 1.87 bits per heavy atom. The number of rotatable bonds is 8. The number of amides is 2. The van der Waals surface area contributed by atoms with Gasteiger partial charge in [0.15, 0.2) is 11.0 Å². The van der Waals surface area contributed by atoms with E-state index in [0.717, 1.165) is 21.3 Å². The quantitative estimate of drug-likeness (QED) is 0.474. The van der Waals surface area contributed by atoms with Crippen molar-refractivity contribution in [2.45, 2.75) is 25.0 Å². The number of carbonyl (C=O) groups excluding carboxylic acids is 2. The summed E-state index contributed by atoms with van der Waals surface area (Å²) in [6, 6.07) is 15.2. The van der Waals surface area contributed by atoms with Crippen molar-refractivity contribution in [1.29, 1.82) is 0 Å². The fraction of sp³-hybridized carbons (Fsp3) is 0.238. The summed E-state index contributed by atoms with van der Waals surface area (Å²) in [7, 11) is 1.82. The zero-order valence-corrected chi connectivity index (χ0v) is 19.1. The highest BCUT2D eigenvalue weighted by Crippen LogP contribution is 2.21. The average Bonchev–Trinajstić information content (AvgIpc) is 3.08. The van der Waals surface area contributed by atoms with Crippen molar-refractivity contribution in [2.75, 3.05) is 11.1 Å². The zero-order valence-electron chi connectivity index (χ0n) is 16.7. The van der Waals surface area contributed by atoms with E-state index in [0.29, 0.717) is 17.4 Å². The summed E-state index contributed by atoms with van der Waals surface area (Å²) in [5, 5.41) is 14.6. The second-order valence-electron chi connectivity index (χ2n) is 6.70. The van der Waals surface area contributed by atoms with Crippen LogP contribution in [0.25, 0.3) is 0 Å². The molecule has 0 aliphatic heterocycles. The van der Waals surface area contributed by atoms with Gasteiger partial charge >= 0.3 is 0 Å². The van der Waals surface area contributed by atoms with Gasteiger partial charge in [-0.05, 0) is 36.2 Å². The summed E-state index contributed by atoms with van der Waals surface area (Å²) in [5.41, 5.74) is 2.75. The molecule has 2 amide bonds. The van der Waals surface area contributed by atoms with Crippen LogP contribution in [0.2, 0.25) is 0 Å². The number of benzene rings is 2. The fourth-order valence-electron chi connectivity index (χ4n) is 2.70. The molecule has 0 fully saturated rings. The number of thioether (sulfide) groups is 1. The Morgan fingerprint density at radius 3 is 2.60 bits per heavy atom. The molecule has 2 aromatic carbocycles. The van der Waals surface area contributed by atoms with Gasteiger partial charge in [-0.2, -0.15) is 0 Å². The molecule has 1 aromatic heterocycles. The number of carbonyl (C=O) groups is 2. The summed E-state index contributed by atoms with van der Waals surface area (Å²) in [6.07, 6.45) is 0.315. The Morgan fingerprint density at radius 1 is 1.10 bits per heavy atom. The first-order chi connectivity index (χ1) is 14.4. The SMILES string of the molecule is Cc1cc(NC(=O)CSc2nnc(CNC(=O)Cc3ccccc3)n2C)ccc1Br. The van der Waals surface area contributed by atoms with Crippen LogP contribution in [0.3, 0.4) is 0 Å². The predicted molar refractivity (Wildman–Crippen MR) is 121 cm³/mol. The van der Waals surface area contributed by atoms with E-state index in [1.165, 1.54) is 11.8 Å². The summed E-state index contributed by atoms with van der Waals surface area (Å²) in [4.78, 5) is 24.3. The second kappa shape index (κ2) is 10.4. The third kappa shape index (κ3) is 6.17. The molecule has 0 atom stereocenters. The Hall–Kier alpha value is -2.65. The van der Waals surface area contributed by atoms with Crippen LogP contribution < -0.4 is 10.6 Å². The molecule has 0 unspecified atom stereocenters. The minimum atomic E-state index is -0.123. The van der Waals surface area contributed by atoms with Gasteiger partial charge in [0.2, 0.25) is 11.8 Å². The third-order valence-corrected chi connectivity index (χ3v) is 6.26. The van der Waals surface area contributed by atoms with Crippen molar-refractivity contribution in [3.63, 3.8) is 0 Å². The number of hydrogen-bond donors (Lipinski definition) is 2. The largest absolute Gasteiger partial charge is 0.349 e. The minimum absolute atomic E-state index is 0.0810. The lowest BCUT2D eigenvalue weighted by Crippen LogP contribution is -2.26. The molecule has 0 saturated carbocycles. The number of nitrogens with one attached hydrogen (secondary N) is 2. The van der Waals surface area contributed by atoms with Gasteiger partial charge in [-0.1, -0.05) is 58.0 Å². The van der Waals surface area contributed by atoms with Crippen LogP contribution in [0.5, 0.6) is 0 Å². The van der Waals surface area contributed by atoms with Crippen molar-refractivity contribution in [3.8, 4) is 0 Å². The molecule has 0 saturated heterocycles. The normalized spacial score (nSPS) is 10.6. The maximum absolute atomic E-state index is 12.2. The van der Waals surface area contributed by atoms with E-state index in [1.54, 1.807) is 4.57 Å². The van der Waals surface area contributed by atoms with E-state index in [2.05, 4.69) is 36.8 Å². The Kier molecular flexibility index (Phi) is 7.64. The standard InChI is InChI=1S/C21H22BrN5O2S/c1-14-10-16(8-9-17(14)22)24-20(29)13-30-21-26-25-18(27(21)2)12-23-19(28)11-15-6-4-3-5-7-15/h3-10H,11-13H2,1-2H3,(H,23,28)(H,24,29). The van der Waals surface area contributed by atoms with Gasteiger partial charge in [-0.3, -0.25) is 9.59 Å². The van der Waals surface area contributed by atoms with E-state index in [-0.39, 0.29) is 24.1 Å². The van der Waals surface area contributed by atoms with Gasteiger partial charge in [0.25, 0.3) is 0 Å². The van der Waals surface area contributed by atoms with Crippen LogP contribution in [0, 0.1) is 6.92 Å². The second-order valence-corrected chi connectivity index (χ2v) is 8.49. The Labute approximate surface area is 187 Å². The summed E-state index contributed by atoms with van der Waals surface area (Å²) in [5.74, 6) is 0.634. The molecule has 2 N–H and O–H groups in total. The first-order valence-electron chi connectivity index (χ1n) is 9.30. The van der Waals surface area contributed by atoms with Crippen LogP contribution in [0.1, 0.15) is 17.0 Å². The highest BCUT2D eigenvalue weighted by Gasteiger charge is 2.13. The van der Waals surface area contributed by atoms with Crippen LogP contribution in [0.15, 0.2) is 58.2 Å². The molecular formula is C21H22BrN5O2S. The molecular weight excluding hydrogens is 466 g/mol. The van der Waals surface area contributed by atoms with Crippen molar-refractivity contribution in [3.05, 3.63) is 70.0 Å². The van der Waals surface area contributed by atoms with Crippen LogP contribution >= 0.6 is 27.7 Å². The highest BCUT2D eigenvalue weighted by molar-refractivity contribution is 9.10. The highest BCUT2D eigenvalue weighted by atomic mass is 79.9. The molecule has 0 spiro atoms. The van der Waals surface area contributed by atoms with Gasteiger partial charge in [0.1, 0.15) is 0 Å². The van der Waals surface area contributed by atoms with E-state index in [9.17, 15) is 9.59 Å². The number of halogens is 1. The lowest BCUT2D eigenvalue weighted by atomic mass is 10.1. The monoisotopic (exact) mass is 487 g/mol. The van der Waals surface area contributed by atoms with Gasteiger partial charge < -0.3 is 15.2 Å². The van der Waals surface area contributed by atoms with E-state index >= 15 is 0 Å². The van der Waals surface area contributed by atoms with Crippen molar-refractivity contribution >= 4 is 45.2 Å². The van der Waals surface area contributed by atoms with E-state index < -0.39 is 0 Å². The Balaban J connectivity index is 1.48. The molecule has 0 radical (unpaired) electrons. The minimum Gasteiger partial charge on any atom is -0.349 e. The summed E-state index contributed by atoms with van der Waals surface area (Å²) >= 11 is 4.74. The summed E-state index contributed by atoms with van der Waals surface area (Å²) < 4.78 is 2.78. The average molecular weight is 488 g/mol. The molecule has 9 heteroatoms. The van der Waals surface area contributed by atoms with Gasteiger partial charge in [-0.15, -0.1) is 10.2 Å². The smallest absolute Gasteiger partial charge is 0.234 e. The van der Waals surface area contributed by atoms with Crippen molar-refractivity contribution in [2.24, 2.45) is 7.05 Å². The van der Waals surface area contributed by atoms with E-state index in [4.69, 9.17) is 0 Å². The maximum atomic E-state index is 12.2. The number of hydrogen-bond acceptors (Lipinski definition) is 5. The molecule has 0 aliphatic rings. The van der Waals surface area contributed by atoms with Crippen LogP contribution in [0.4, 0.5) is 5.69 Å². The van der Waals surface area contributed by atoms with Crippen LogP contribution in [-0.2, 0) is 29.6 Å². The number of anilines is 1. The molecule has 1 heterocycles. The van der Waals surface area contributed by atoms with Gasteiger partial charge in [0.05, 0.1) is 18.7 Å². The fourth-order valence-corrected chi connectivity index (χ4v) is 3.67. The number of nitrogens with zero attached hydrogens (tertiary/aromatic N) is 3. The molecule has 7 nitrogen and oxygen atoms in total. The third-order valence-electron chi connectivity index (χ3n) is 4.35.